The zero-order valence-electron chi connectivity index (χ0n) is 11.7. The van der Waals surface area contributed by atoms with E-state index in [9.17, 15) is 4.79 Å². The lowest BCUT2D eigenvalue weighted by Crippen LogP contribution is -2.60. The third-order valence-corrected chi connectivity index (χ3v) is 3.92. The highest BCUT2D eigenvalue weighted by Gasteiger charge is 2.36. The Morgan fingerprint density at radius 1 is 1.29 bits per heavy atom. The van der Waals surface area contributed by atoms with Gasteiger partial charge in [0.2, 0.25) is 0 Å². The average molecular weight is 334 g/mol. The van der Waals surface area contributed by atoms with Crippen molar-refractivity contribution < 1.29 is 9.53 Å². The molecule has 0 bridgehead atoms. The predicted octanol–water partition coefficient (Wildman–Crippen LogP) is 1.42. The van der Waals surface area contributed by atoms with Crippen molar-refractivity contribution in [3.8, 4) is 0 Å². The first-order valence-electron chi connectivity index (χ1n) is 6.88. The van der Waals surface area contributed by atoms with Gasteiger partial charge in [0.15, 0.2) is 0 Å². The molecule has 2 saturated heterocycles. The van der Waals surface area contributed by atoms with Gasteiger partial charge in [0, 0.05) is 37.7 Å². The molecule has 0 aliphatic carbocycles. The molecule has 118 valence electrons. The smallest absolute Gasteiger partial charge is 0.251 e. The molecule has 2 aliphatic rings. The van der Waals surface area contributed by atoms with E-state index in [-0.39, 0.29) is 42.9 Å². The maximum atomic E-state index is 12.2. The number of hydrogen-bond acceptors (Lipinski definition) is 4. The lowest BCUT2D eigenvalue weighted by molar-refractivity contribution is -0.0573. The van der Waals surface area contributed by atoms with E-state index in [1.165, 1.54) is 6.42 Å². The number of aromatic nitrogens is 1. The van der Waals surface area contributed by atoms with Crippen molar-refractivity contribution in [1.29, 1.82) is 0 Å². The van der Waals surface area contributed by atoms with Gasteiger partial charge in [-0.25, -0.2) is 0 Å². The van der Waals surface area contributed by atoms with Crippen molar-refractivity contribution in [1.82, 2.24) is 15.6 Å². The van der Waals surface area contributed by atoms with Gasteiger partial charge >= 0.3 is 0 Å². The van der Waals surface area contributed by atoms with Crippen molar-refractivity contribution in [2.45, 2.75) is 25.0 Å². The minimum atomic E-state index is -0.0518. The van der Waals surface area contributed by atoms with E-state index in [1.54, 1.807) is 24.5 Å². The van der Waals surface area contributed by atoms with Crippen LogP contribution in [-0.4, -0.2) is 42.7 Å². The first kappa shape index (κ1) is 18.2. The number of fused-ring (bicyclic) bond motifs is 1. The van der Waals surface area contributed by atoms with Crippen LogP contribution in [0, 0.1) is 5.92 Å². The van der Waals surface area contributed by atoms with Gasteiger partial charge in [0.05, 0.1) is 12.1 Å². The van der Waals surface area contributed by atoms with Crippen molar-refractivity contribution in [3.05, 3.63) is 30.1 Å². The van der Waals surface area contributed by atoms with Gasteiger partial charge in [-0.05, 0) is 30.9 Å². The van der Waals surface area contributed by atoms with E-state index in [4.69, 9.17) is 4.74 Å². The molecule has 0 saturated carbocycles. The highest BCUT2D eigenvalue weighted by atomic mass is 35.5. The summed E-state index contributed by atoms with van der Waals surface area (Å²) in [6.45, 7) is 2.58. The first-order chi connectivity index (χ1) is 9.34. The van der Waals surface area contributed by atoms with Crippen molar-refractivity contribution in [3.63, 3.8) is 0 Å². The maximum Gasteiger partial charge on any atom is 0.251 e. The monoisotopic (exact) mass is 333 g/mol. The number of carbonyl (C=O) groups is 1. The predicted molar refractivity (Wildman–Crippen MR) is 85.3 cm³/mol. The lowest BCUT2D eigenvalue weighted by Gasteiger charge is -2.41. The highest BCUT2D eigenvalue weighted by molar-refractivity contribution is 5.94. The molecule has 1 amide bonds. The number of piperidine rings is 1. The fourth-order valence-corrected chi connectivity index (χ4v) is 2.96. The largest absolute Gasteiger partial charge is 0.376 e. The van der Waals surface area contributed by atoms with E-state index in [1.807, 2.05) is 0 Å². The van der Waals surface area contributed by atoms with Gasteiger partial charge in [-0.2, -0.15) is 0 Å². The van der Waals surface area contributed by atoms with E-state index in [0.29, 0.717) is 11.5 Å². The Kier molecular flexibility index (Phi) is 7.39. The number of amides is 1. The summed E-state index contributed by atoms with van der Waals surface area (Å²) in [7, 11) is 0. The number of nitrogens with zero attached hydrogens (tertiary/aromatic N) is 1. The second kappa shape index (κ2) is 8.54. The van der Waals surface area contributed by atoms with Crippen molar-refractivity contribution in [2.24, 2.45) is 5.92 Å². The molecule has 1 aromatic rings. The molecule has 1 aromatic heterocycles. The topological polar surface area (TPSA) is 63.2 Å². The SMILES string of the molecule is Cl.Cl.O=C(N[C@@H]1CNC[C@@H]2CCCO[C@@H]21)c1ccncc1. The highest BCUT2D eigenvalue weighted by Crippen LogP contribution is 2.25. The van der Waals surface area contributed by atoms with Gasteiger partial charge in [-0.15, -0.1) is 24.8 Å². The van der Waals surface area contributed by atoms with Crippen LogP contribution in [0.5, 0.6) is 0 Å². The minimum absolute atomic E-state index is 0. The van der Waals surface area contributed by atoms with Crippen LogP contribution in [0.25, 0.3) is 0 Å². The Labute approximate surface area is 137 Å². The second-order valence-electron chi connectivity index (χ2n) is 5.21. The van der Waals surface area contributed by atoms with Crippen LogP contribution in [0.15, 0.2) is 24.5 Å². The number of nitrogens with one attached hydrogen (secondary N) is 2. The molecule has 3 rings (SSSR count). The summed E-state index contributed by atoms with van der Waals surface area (Å²) in [6, 6.07) is 3.51. The Hall–Kier alpha value is -0.880. The van der Waals surface area contributed by atoms with E-state index in [2.05, 4.69) is 15.6 Å². The molecular formula is C14H21Cl2N3O2. The molecule has 0 radical (unpaired) electrons. The second-order valence-corrected chi connectivity index (χ2v) is 5.21. The number of rotatable bonds is 2. The van der Waals surface area contributed by atoms with Crippen LogP contribution in [-0.2, 0) is 4.74 Å². The normalized spacial score (nSPS) is 27.5. The first-order valence-corrected chi connectivity index (χ1v) is 6.88. The van der Waals surface area contributed by atoms with Gasteiger partial charge in [0.25, 0.3) is 5.91 Å². The fraction of sp³-hybridized carbons (Fsp3) is 0.571. The molecule has 0 aromatic carbocycles. The summed E-state index contributed by atoms with van der Waals surface area (Å²) in [6.07, 6.45) is 5.72. The van der Waals surface area contributed by atoms with Crippen molar-refractivity contribution in [2.75, 3.05) is 19.7 Å². The number of carbonyl (C=O) groups excluding carboxylic acids is 1. The van der Waals surface area contributed by atoms with Gasteiger partial charge < -0.3 is 15.4 Å². The molecule has 0 unspecified atom stereocenters. The number of halogens is 2. The number of ether oxygens (including phenoxy) is 1. The molecule has 7 heteroatoms. The van der Waals surface area contributed by atoms with E-state index < -0.39 is 0 Å². The van der Waals surface area contributed by atoms with Crippen LogP contribution in [0.2, 0.25) is 0 Å². The van der Waals surface area contributed by atoms with Gasteiger partial charge in [0.1, 0.15) is 0 Å². The van der Waals surface area contributed by atoms with Crippen molar-refractivity contribution >= 4 is 30.7 Å². The third-order valence-electron chi connectivity index (χ3n) is 3.92. The summed E-state index contributed by atoms with van der Waals surface area (Å²) in [4.78, 5) is 16.1. The summed E-state index contributed by atoms with van der Waals surface area (Å²) in [5.41, 5.74) is 0.646. The summed E-state index contributed by atoms with van der Waals surface area (Å²) in [5, 5.41) is 6.46. The fourth-order valence-electron chi connectivity index (χ4n) is 2.96. The lowest BCUT2D eigenvalue weighted by atomic mass is 9.86. The average Bonchev–Trinajstić information content (AvgIpc) is 2.48. The Balaban J connectivity index is 0.00000110. The Morgan fingerprint density at radius 2 is 2.05 bits per heavy atom. The molecule has 3 atom stereocenters. The van der Waals surface area contributed by atoms with Gasteiger partial charge in [-0.1, -0.05) is 0 Å². The molecular weight excluding hydrogens is 313 g/mol. The molecule has 2 fully saturated rings. The van der Waals surface area contributed by atoms with Crippen LogP contribution >= 0.6 is 24.8 Å². The molecule has 2 N–H and O–H groups in total. The summed E-state index contributed by atoms with van der Waals surface area (Å²) in [5.74, 6) is 0.467. The zero-order chi connectivity index (χ0) is 13.1. The van der Waals surface area contributed by atoms with E-state index in [0.717, 1.165) is 26.1 Å². The molecule has 2 aliphatic heterocycles. The zero-order valence-corrected chi connectivity index (χ0v) is 13.3. The van der Waals surface area contributed by atoms with E-state index >= 15 is 0 Å². The van der Waals surface area contributed by atoms with Crippen LogP contribution in [0.1, 0.15) is 23.2 Å². The van der Waals surface area contributed by atoms with Crippen LogP contribution in [0.3, 0.4) is 0 Å². The molecule has 3 heterocycles. The maximum absolute atomic E-state index is 12.2. The molecule has 21 heavy (non-hydrogen) atoms. The summed E-state index contributed by atoms with van der Waals surface area (Å²) >= 11 is 0. The Bertz CT molecular complexity index is 445. The summed E-state index contributed by atoms with van der Waals surface area (Å²) < 4.78 is 5.86. The third kappa shape index (κ3) is 4.30. The quantitative estimate of drug-likeness (QED) is 0.859. The number of pyridine rings is 1. The standard InChI is InChI=1S/C14H19N3O2.2ClH/c18-14(10-3-5-15-6-4-10)17-12-9-16-8-11-2-1-7-19-13(11)12;;/h3-6,11-13,16H,1-2,7-9H2,(H,17,18);2*1H/t11-,12+,13-;;/m0../s1. The molecule has 5 nitrogen and oxygen atoms in total. The number of hydrogen-bond donors (Lipinski definition) is 2. The minimum Gasteiger partial charge on any atom is -0.376 e. The van der Waals surface area contributed by atoms with Gasteiger partial charge in [-0.3, -0.25) is 9.78 Å². The molecule has 0 spiro atoms. The Morgan fingerprint density at radius 3 is 2.81 bits per heavy atom. The van der Waals surface area contributed by atoms with Crippen LogP contribution < -0.4 is 10.6 Å². The van der Waals surface area contributed by atoms with Crippen LogP contribution in [0.4, 0.5) is 0 Å².